The first-order chi connectivity index (χ1) is 13.9. The Morgan fingerprint density at radius 3 is 2.69 bits per heavy atom. The summed E-state index contributed by atoms with van der Waals surface area (Å²) in [5, 5.41) is 1.79. The predicted molar refractivity (Wildman–Crippen MR) is 116 cm³/mol. The maximum absolute atomic E-state index is 13.4. The van der Waals surface area contributed by atoms with Crippen molar-refractivity contribution in [2.24, 2.45) is 0 Å². The fourth-order valence-electron chi connectivity index (χ4n) is 4.20. The lowest BCUT2D eigenvalue weighted by atomic mass is 10.0. The first-order valence-corrected chi connectivity index (χ1v) is 10.9. The van der Waals surface area contributed by atoms with Gasteiger partial charge in [0.2, 0.25) is 5.91 Å². The lowest BCUT2D eigenvalue weighted by Crippen LogP contribution is -2.46. The van der Waals surface area contributed by atoms with Gasteiger partial charge in [0.15, 0.2) is 0 Å². The van der Waals surface area contributed by atoms with Gasteiger partial charge in [-0.25, -0.2) is 9.36 Å². The van der Waals surface area contributed by atoms with Gasteiger partial charge in [0.05, 0.1) is 11.2 Å². The molecule has 1 aromatic carbocycles. The van der Waals surface area contributed by atoms with Crippen LogP contribution < -0.4 is 11.2 Å². The Kier molecular flexibility index (Phi) is 5.17. The smallest absolute Gasteiger partial charge is 0.336 e. The van der Waals surface area contributed by atoms with Crippen LogP contribution in [0.15, 0.2) is 39.2 Å². The van der Waals surface area contributed by atoms with Crippen molar-refractivity contribution in [3.8, 4) is 5.69 Å². The van der Waals surface area contributed by atoms with E-state index in [4.69, 9.17) is 0 Å². The summed E-state index contributed by atoms with van der Waals surface area (Å²) in [6.07, 6.45) is 3.09. The van der Waals surface area contributed by atoms with E-state index in [2.05, 4.69) is 6.92 Å². The van der Waals surface area contributed by atoms with Crippen LogP contribution in [0, 0.1) is 13.8 Å². The minimum atomic E-state index is -0.467. The number of hydrogen-bond acceptors (Lipinski definition) is 4. The number of rotatable bonds is 3. The molecule has 1 amide bonds. The maximum atomic E-state index is 13.4. The van der Waals surface area contributed by atoms with Gasteiger partial charge < -0.3 is 4.90 Å². The first-order valence-electron chi connectivity index (χ1n) is 9.98. The zero-order chi connectivity index (χ0) is 20.7. The quantitative estimate of drug-likeness (QED) is 0.665. The van der Waals surface area contributed by atoms with Crippen LogP contribution in [-0.2, 0) is 11.3 Å². The highest BCUT2D eigenvalue weighted by Crippen LogP contribution is 2.20. The van der Waals surface area contributed by atoms with Crippen molar-refractivity contribution in [2.45, 2.75) is 52.6 Å². The van der Waals surface area contributed by atoms with Crippen LogP contribution in [0.5, 0.6) is 0 Å². The van der Waals surface area contributed by atoms with Gasteiger partial charge in [-0.15, -0.1) is 11.3 Å². The van der Waals surface area contributed by atoms with Crippen molar-refractivity contribution in [3.63, 3.8) is 0 Å². The zero-order valence-electron chi connectivity index (χ0n) is 17.0. The van der Waals surface area contributed by atoms with Crippen LogP contribution in [0.3, 0.4) is 0 Å². The molecule has 0 bridgehead atoms. The molecule has 0 unspecified atom stereocenters. The number of aromatic nitrogens is 2. The molecule has 0 radical (unpaired) electrons. The third kappa shape index (κ3) is 3.44. The van der Waals surface area contributed by atoms with Gasteiger partial charge in [-0.05, 0) is 63.1 Å². The third-order valence-corrected chi connectivity index (χ3v) is 6.66. The number of amides is 1. The number of hydrogen-bond donors (Lipinski definition) is 0. The number of fused-ring (bicyclic) bond motifs is 1. The fourth-order valence-corrected chi connectivity index (χ4v) is 5.03. The summed E-state index contributed by atoms with van der Waals surface area (Å²) in [5.74, 6) is -0.0716. The van der Waals surface area contributed by atoms with Crippen molar-refractivity contribution in [1.29, 1.82) is 0 Å². The van der Waals surface area contributed by atoms with Crippen molar-refractivity contribution in [2.75, 3.05) is 6.54 Å². The summed E-state index contributed by atoms with van der Waals surface area (Å²) in [7, 11) is 0. The molecule has 3 heterocycles. The summed E-state index contributed by atoms with van der Waals surface area (Å²) in [5.41, 5.74) is 2.21. The molecule has 0 spiro atoms. The molecule has 6 nitrogen and oxygen atoms in total. The molecule has 0 N–H and O–H groups in total. The molecule has 4 rings (SSSR count). The number of nitrogens with zero attached hydrogens (tertiary/aromatic N) is 3. The van der Waals surface area contributed by atoms with Crippen molar-refractivity contribution in [1.82, 2.24) is 14.0 Å². The second-order valence-electron chi connectivity index (χ2n) is 7.87. The molecular weight excluding hydrogens is 386 g/mol. The number of piperidine rings is 1. The summed E-state index contributed by atoms with van der Waals surface area (Å²) >= 11 is 1.30. The summed E-state index contributed by atoms with van der Waals surface area (Å²) in [4.78, 5) is 41.4. The van der Waals surface area contributed by atoms with Gasteiger partial charge >= 0.3 is 5.69 Å². The monoisotopic (exact) mass is 411 g/mol. The fraction of sp³-hybridized carbons (Fsp3) is 0.409. The molecule has 1 aliphatic heterocycles. The highest BCUT2D eigenvalue weighted by molar-refractivity contribution is 7.17. The average molecular weight is 412 g/mol. The minimum Gasteiger partial charge on any atom is -0.338 e. The van der Waals surface area contributed by atoms with Crippen LogP contribution in [-0.4, -0.2) is 32.5 Å². The number of carbonyl (C=O) groups is 1. The van der Waals surface area contributed by atoms with E-state index in [-0.39, 0.29) is 24.1 Å². The summed E-state index contributed by atoms with van der Waals surface area (Å²) < 4.78 is 3.15. The van der Waals surface area contributed by atoms with E-state index < -0.39 is 5.69 Å². The van der Waals surface area contributed by atoms with Gasteiger partial charge in [0.25, 0.3) is 5.56 Å². The highest BCUT2D eigenvalue weighted by Gasteiger charge is 2.25. The average Bonchev–Trinajstić information content (AvgIpc) is 3.17. The van der Waals surface area contributed by atoms with Crippen molar-refractivity contribution in [3.05, 3.63) is 61.6 Å². The standard InChI is InChI=1S/C22H25N3O3S/c1-14-7-8-17(15(2)12-14)25-21(27)20-18(9-11-29-20)24(22(25)28)13-19(26)23-10-5-4-6-16(23)3/h7-9,11-12,16H,4-6,10,13H2,1-3H3/t16-/m0/s1. The molecule has 152 valence electrons. The molecule has 0 aliphatic carbocycles. The molecule has 1 saturated heterocycles. The molecule has 3 aromatic rings. The Bertz CT molecular complexity index is 1200. The first kappa shape index (κ1) is 19.6. The minimum absolute atomic E-state index is 0.0540. The number of likely N-dealkylation sites (tertiary alicyclic amines) is 1. The van der Waals surface area contributed by atoms with Gasteiger partial charge in [0.1, 0.15) is 11.2 Å². The Morgan fingerprint density at radius 1 is 1.17 bits per heavy atom. The molecular formula is C22H25N3O3S. The second kappa shape index (κ2) is 7.63. The number of carbonyl (C=O) groups excluding carboxylic acids is 1. The van der Waals surface area contributed by atoms with E-state index in [1.165, 1.54) is 20.5 Å². The largest absolute Gasteiger partial charge is 0.338 e. The lowest BCUT2D eigenvalue weighted by molar-refractivity contribution is -0.135. The Morgan fingerprint density at radius 2 is 1.97 bits per heavy atom. The van der Waals surface area contributed by atoms with E-state index in [1.807, 2.05) is 30.9 Å². The predicted octanol–water partition coefficient (Wildman–Crippen LogP) is 3.23. The van der Waals surface area contributed by atoms with E-state index in [1.54, 1.807) is 17.5 Å². The lowest BCUT2D eigenvalue weighted by Gasteiger charge is -2.33. The molecule has 1 aliphatic rings. The molecule has 7 heteroatoms. The molecule has 0 saturated carbocycles. The second-order valence-corrected chi connectivity index (χ2v) is 8.78. The summed E-state index contributed by atoms with van der Waals surface area (Å²) in [6, 6.07) is 7.56. The van der Waals surface area contributed by atoms with E-state index in [9.17, 15) is 14.4 Å². The van der Waals surface area contributed by atoms with Crippen molar-refractivity contribution >= 4 is 27.5 Å². The molecule has 29 heavy (non-hydrogen) atoms. The normalized spacial score (nSPS) is 17.1. The van der Waals surface area contributed by atoms with E-state index in [0.717, 1.165) is 36.9 Å². The summed E-state index contributed by atoms with van der Waals surface area (Å²) in [6.45, 7) is 6.58. The molecule has 1 atom stereocenters. The highest BCUT2D eigenvalue weighted by atomic mass is 32.1. The van der Waals surface area contributed by atoms with Gasteiger partial charge in [0, 0.05) is 12.6 Å². The number of benzene rings is 1. The van der Waals surface area contributed by atoms with Gasteiger partial charge in [-0.2, -0.15) is 0 Å². The van der Waals surface area contributed by atoms with Crippen LogP contribution in [0.1, 0.15) is 37.3 Å². The molecule has 2 aromatic heterocycles. The molecule has 1 fully saturated rings. The number of aryl methyl sites for hydroxylation is 2. The number of thiophene rings is 1. The van der Waals surface area contributed by atoms with Crippen LogP contribution in [0.2, 0.25) is 0 Å². The SMILES string of the molecule is Cc1ccc(-n2c(=O)c3sccc3n(CC(=O)N3CCCC[C@@H]3C)c2=O)c(C)c1. The topological polar surface area (TPSA) is 64.3 Å². The van der Waals surface area contributed by atoms with Crippen LogP contribution >= 0.6 is 11.3 Å². The van der Waals surface area contributed by atoms with Gasteiger partial charge in [-0.1, -0.05) is 17.7 Å². The van der Waals surface area contributed by atoms with Crippen LogP contribution in [0.4, 0.5) is 0 Å². The Balaban J connectivity index is 1.86. The third-order valence-electron chi connectivity index (χ3n) is 5.76. The van der Waals surface area contributed by atoms with E-state index in [0.29, 0.717) is 15.9 Å². The Labute approximate surface area is 173 Å². The van der Waals surface area contributed by atoms with Crippen molar-refractivity contribution < 1.29 is 4.79 Å². The van der Waals surface area contributed by atoms with Gasteiger partial charge in [-0.3, -0.25) is 14.2 Å². The van der Waals surface area contributed by atoms with E-state index >= 15 is 0 Å². The zero-order valence-corrected chi connectivity index (χ0v) is 17.8. The Hall–Kier alpha value is -2.67. The van der Waals surface area contributed by atoms with Crippen LogP contribution in [0.25, 0.3) is 15.9 Å². The maximum Gasteiger partial charge on any atom is 0.336 e.